The highest BCUT2D eigenvalue weighted by atomic mass is 32.2. The van der Waals surface area contributed by atoms with Gasteiger partial charge in [-0.2, -0.15) is 54.1 Å². The van der Waals surface area contributed by atoms with Gasteiger partial charge in [-0.05, 0) is 9.05 Å². The molecule has 0 spiro atoms. The lowest BCUT2D eigenvalue weighted by atomic mass is 10.8. The van der Waals surface area contributed by atoms with Crippen molar-refractivity contribution >= 4 is 47.9 Å². The van der Waals surface area contributed by atoms with Crippen molar-refractivity contribution < 1.29 is 65.4 Å². The van der Waals surface area contributed by atoms with Crippen molar-refractivity contribution in [2.45, 2.75) is 17.0 Å². The van der Waals surface area contributed by atoms with Crippen LogP contribution in [0, 0.1) is 0 Å². The Bertz CT molecular complexity index is 1060. The highest BCUT2D eigenvalue weighted by Gasteiger charge is 2.46. The second-order valence-corrected chi connectivity index (χ2v) is 9.23. The van der Waals surface area contributed by atoms with Gasteiger partial charge in [0.1, 0.15) is 0 Å². The maximum absolute atomic E-state index is 12.5. The third-order valence-corrected chi connectivity index (χ3v) is 5.35. The van der Waals surface area contributed by atoms with Crippen LogP contribution in [0.15, 0.2) is 8.73 Å². The van der Waals surface area contributed by atoms with Crippen LogP contribution >= 0.6 is 0 Å². The van der Waals surface area contributed by atoms with Crippen LogP contribution in [-0.2, 0) is 38.8 Å². The maximum atomic E-state index is 12.5. The number of anilines is 1. The zero-order valence-electron chi connectivity index (χ0n) is 13.0. The van der Waals surface area contributed by atoms with E-state index in [2.05, 4.69) is 32.5 Å². The van der Waals surface area contributed by atoms with Gasteiger partial charge in [0.15, 0.2) is 0 Å². The van der Waals surface area contributed by atoms with Crippen LogP contribution in [0.1, 0.15) is 0 Å². The largest absolute Gasteiger partial charge is 0.516 e. The molecule has 0 amide bonds. The fraction of sp³-hybridized carbons (Fsp3) is 0.500. The summed E-state index contributed by atoms with van der Waals surface area (Å²) in [7, 11) is -17.7. The molecule has 1 heterocycles. The number of halogens is 9. The summed E-state index contributed by atoms with van der Waals surface area (Å²) in [6.45, 7) is 0. The quantitative estimate of drug-likeness (QED) is 0.505. The maximum Gasteiger partial charge on any atom is 0.516 e. The van der Waals surface area contributed by atoms with E-state index >= 15 is 0 Å². The Morgan fingerprint density at radius 2 is 1.17 bits per heavy atom. The molecule has 0 saturated heterocycles. The highest BCUT2D eigenvalue weighted by Crippen LogP contribution is 2.27. The van der Waals surface area contributed by atoms with Crippen molar-refractivity contribution in [3.63, 3.8) is 0 Å². The number of rotatable bonds is 8. The first-order valence-electron chi connectivity index (χ1n) is 6.03. The predicted molar refractivity (Wildman–Crippen MR) is 75.3 cm³/mol. The molecule has 0 saturated carbocycles. The minimum atomic E-state index is -6.35. The average molecular weight is 522 g/mol. The van der Waals surface area contributed by atoms with E-state index in [-0.39, 0.29) is 0 Å². The van der Waals surface area contributed by atoms with E-state index in [1.807, 2.05) is 0 Å². The number of nitrogens with one attached hydrogen (secondary N) is 1. The van der Waals surface area contributed by atoms with Crippen LogP contribution in [0.4, 0.5) is 57.6 Å². The Balaban J connectivity index is 3.82. The van der Waals surface area contributed by atoms with Gasteiger partial charge in [0.25, 0.3) is 31.9 Å². The molecule has 0 bridgehead atoms. The second-order valence-electron chi connectivity index (χ2n) is 4.17. The number of hydrogen-bond donors (Lipinski definition) is 1. The smallest absolute Gasteiger partial charge is 0.243 e. The molecule has 174 valence electrons. The zero-order chi connectivity index (χ0) is 23.5. The molecule has 2 unspecified atom stereocenters. The zero-order valence-corrected chi connectivity index (χ0v) is 15.4. The average Bonchev–Trinajstić information content (AvgIpc) is 2.59. The van der Waals surface area contributed by atoms with Gasteiger partial charge >= 0.3 is 27.0 Å². The van der Waals surface area contributed by atoms with E-state index in [0.717, 1.165) is 0 Å². The Morgan fingerprint density at radius 3 is 1.43 bits per heavy atom. The molecule has 0 aliphatic heterocycles. The molecule has 1 rings (SSSR count). The molecular formula is C6H3F9N6O6S3. The van der Waals surface area contributed by atoms with Gasteiger partial charge in [-0.25, -0.2) is 13.1 Å². The summed E-state index contributed by atoms with van der Waals surface area (Å²) in [5, 5.41) is 0. The van der Waals surface area contributed by atoms with E-state index in [1.54, 1.807) is 0 Å². The minimum absolute atomic E-state index is 0.540. The molecule has 1 N–H and O–H groups in total. The first kappa shape index (κ1) is 26.0. The van der Waals surface area contributed by atoms with E-state index in [1.165, 1.54) is 0 Å². The Hall–Kier alpha value is -2.05. The molecule has 0 aliphatic rings. The van der Waals surface area contributed by atoms with E-state index in [4.69, 9.17) is 0 Å². The van der Waals surface area contributed by atoms with Crippen molar-refractivity contribution in [3.8, 4) is 0 Å². The summed E-state index contributed by atoms with van der Waals surface area (Å²) in [6, 6.07) is 0. The van der Waals surface area contributed by atoms with Gasteiger partial charge in [0.2, 0.25) is 5.95 Å². The van der Waals surface area contributed by atoms with Crippen molar-refractivity contribution in [3.05, 3.63) is 0 Å². The Morgan fingerprint density at radius 1 is 0.800 bits per heavy atom. The molecule has 0 fully saturated rings. The molecule has 1 aromatic heterocycles. The monoisotopic (exact) mass is 522 g/mol. The molecule has 12 nitrogen and oxygen atoms in total. The number of nitrogens with zero attached hydrogens (tertiary/aromatic N) is 5. The van der Waals surface area contributed by atoms with Crippen LogP contribution in [0.25, 0.3) is 0 Å². The van der Waals surface area contributed by atoms with Gasteiger partial charge < -0.3 is 0 Å². The first-order valence-corrected chi connectivity index (χ1v) is 10.5. The highest BCUT2D eigenvalue weighted by molar-refractivity contribution is 7.93. The second kappa shape index (κ2) is 8.98. The molecule has 24 heteroatoms. The molecule has 0 radical (unpaired) electrons. The van der Waals surface area contributed by atoms with Gasteiger partial charge in [-0.15, -0.1) is 8.73 Å². The van der Waals surface area contributed by atoms with Gasteiger partial charge in [-0.1, -0.05) is 8.78 Å². The SMILES string of the molecule is O=S(=O)(Nc1nc(N=S(=O)(OF)C(F)F)nc(N=S(=O)(OF)C(F)F)n1)C(F)(F)F. The normalized spacial score (nSPS) is 16.8. The first-order chi connectivity index (χ1) is 13.5. The summed E-state index contributed by atoms with van der Waals surface area (Å²) < 4.78 is 166. The Kier molecular flexibility index (Phi) is 7.78. The third kappa shape index (κ3) is 5.99. The van der Waals surface area contributed by atoms with E-state index in [9.17, 15) is 56.6 Å². The van der Waals surface area contributed by atoms with Crippen LogP contribution in [0.3, 0.4) is 0 Å². The van der Waals surface area contributed by atoms with Crippen molar-refractivity contribution in [1.29, 1.82) is 0 Å². The van der Waals surface area contributed by atoms with Gasteiger partial charge in [-0.3, -0.25) is 0 Å². The fourth-order valence-electron chi connectivity index (χ4n) is 1.05. The third-order valence-electron chi connectivity index (χ3n) is 2.19. The fourth-order valence-corrected chi connectivity index (χ4v) is 2.44. The van der Waals surface area contributed by atoms with Crippen molar-refractivity contribution in [2.24, 2.45) is 8.73 Å². The minimum Gasteiger partial charge on any atom is -0.243 e. The van der Waals surface area contributed by atoms with E-state index < -0.39 is 64.9 Å². The predicted octanol–water partition coefficient (Wildman–Crippen LogP) is 2.41. The standard InChI is InChI=1S/C6H3F9N6O6S3/c7-1(8)28(22,26-14)19-3-16-4(20-29(23,27-15)2(9)10)18-5(17-3)21-30(24,25)6(11,12)13/h1-2H,(H,16,17,18,21). The number of sulfonamides is 1. The summed E-state index contributed by atoms with van der Waals surface area (Å²) >= 11 is 0. The number of alkyl halides is 7. The van der Waals surface area contributed by atoms with Crippen molar-refractivity contribution in [2.75, 3.05) is 4.72 Å². The lowest BCUT2D eigenvalue weighted by molar-refractivity contribution is -0.0429. The molecule has 2 atom stereocenters. The van der Waals surface area contributed by atoms with Crippen LogP contribution in [-0.4, -0.2) is 48.8 Å². The molecular weight excluding hydrogens is 519 g/mol. The van der Waals surface area contributed by atoms with Gasteiger partial charge in [0, 0.05) is 0 Å². The molecule has 0 aromatic carbocycles. The lowest BCUT2D eigenvalue weighted by Crippen LogP contribution is -2.30. The summed E-state index contributed by atoms with van der Waals surface area (Å²) in [4.78, 5) is 7.94. The molecule has 30 heavy (non-hydrogen) atoms. The van der Waals surface area contributed by atoms with Crippen molar-refractivity contribution in [1.82, 2.24) is 15.0 Å². The lowest BCUT2D eigenvalue weighted by Gasteiger charge is -2.10. The Labute approximate surface area is 159 Å². The van der Waals surface area contributed by atoms with Crippen LogP contribution in [0.2, 0.25) is 0 Å². The van der Waals surface area contributed by atoms with Crippen LogP contribution in [0.5, 0.6) is 0 Å². The van der Waals surface area contributed by atoms with E-state index in [0.29, 0.717) is 4.72 Å². The summed E-state index contributed by atoms with van der Waals surface area (Å²) in [5.74, 6) is -14.1. The van der Waals surface area contributed by atoms with Gasteiger partial charge in [0.05, 0.1) is 0 Å². The summed E-state index contributed by atoms with van der Waals surface area (Å²) in [5.41, 5.74) is -6.04. The molecule has 1 aromatic rings. The molecule has 0 aliphatic carbocycles. The summed E-state index contributed by atoms with van der Waals surface area (Å²) in [6.07, 6.45) is 0. The van der Waals surface area contributed by atoms with Crippen LogP contribution < -0.4 is 4.72 Å². The number of aromatic nitrogens is 3. The topological polar surface area (TPSA) is 162 Å². The number of hydrogen-bond acceptors (Lipinski definition) is 11.